The van der Waals surface area contributed by atoms with Gasteiger partial charge in [-0.05, 0) is 36.6 Å². The standard InChI is InChI=1S/C19H28N2O3/c1-4-7-8-15(6-3)14-20-18(22)19(23)21-16-9-11-17(12-10-16)24-13-5-2/h5,9-12,15H,2,4,6-8,13-14H2,1,3H3,(H,20,22)(H,21,23)/t15-/m0/s1. The second-order valence-electron chi connectivity index (χ2n) is 5.70. The van der Waals surface area contributed by atoms with Crippen molar-refractivity contribution in [3.63, 3.8) is 0 Å². The molecule has 0 unspecified atom stereocenters. The summed E-state index contributed by atoms with van der Waals surface area (Å²) in [7, 11) is 0. The Bertz CT molecular complexity index is 526. The first-order chi connectivity index (χ1) is 11.6. The lowest BCUT2D eigenvalue weighted by atomic mass is 9.99. The third-order valence-corrected chi connectivity index (χ3v) is 3.78. The molecular weight excluding hydrogens is 304 g/mol. The Hall–Kier alpha value is -2.30. The maximum Gasteiger partial charge on any atom is 0.313 e. The number of nitrogens with one attached hydrogen (secondary N) is 2. The minimum absolute atomic E-state index is 0.419. The number of benzene rings is 1. The van der Waals surface area contributed by atoms with Gasteiger partial charge in [0.1, 0.15) is 12.4 Å². The highest BCUT2D eigenvalue weighted by atomic mass is 16.5. The van der Waals surface area contributed by atoms with Crippen LogP contribution >= 0.6 is 0 Å². The number of carbonyl (C=O) groups is 2. The molecule has 0 spiro atoms. The highest BCUT2D eigenvalue weighted by Gasteiger charge is 2.15. The van der Waals surface area contributed by atoms with Gasteiger partial charge in [0.2, 0.25) is 0 Å². The van der Waals surface area contributed by atoms with Crippen LogP contribution in [0.5, 0.6) is 5.75 Å². The zero-order valence-electron chi connectivity index (χ0n) is 14.6. The Morgan fingerprint density at radius 1 is 1.21 bits per heavy atom. The normalized spacial score (nSPS) is 11.4. The Kier molecular flexibility index (Phi) is 9.27. The van der Waals surface area contributed by atoms with Crippen molar-refractivity contribution in [1.29, 1.82) is 0 Å². The third-order valence-electron chi connectivity index (χ3n) is 3.78. The molecule has 1 aromatic carbocycles. The SMILES string of the molecule is C=CCOc1ccc(NC(=O)C(=O)NC[C@@H](CC)CCCC)cc1. The molecule has 132 valence electrons. The Morgan fingerprint density at radius 2 is 1.92 bits per heavy atom. The summed E-state index contributed by atoms with van der Waals surface area (Å²) in [6.07, 6.45) is 6.00. The molecular formula is C19H28N2O3. The molecule has 0 fully saturated rings. The van der Waals surface area contributed by atoms with Gasteiger partial charge in [0.25, 0.3) is 0 Å². The van der Waals surface area contributed by atoms with E-state index in [-0.39, 0.29) is 0 Å². The van der Waals surface area contributed by atoms with Gasteiger partial charge < -0.3 is 15.4 Å². The lowest BCUT2D eigenvalue weighted by Crippen LogP contribution is -2.38. The molecule has 2 amide bonds. The number of carbonyl (C=O) groups excluding carboxylic acids is 2. The Balaban J connectivity index is 2.42. The fourth-order valence-corrected chi connectivity index (χ4v) is 2.24. The predicted octanol–water partition coefficient (Wildman–Crippen LogP) is 3.52. The minimum atomic E-state index is -0.653. The molecule has 1 aromatic rings. The average Bonchev–Trinajstić information content (AvgIpc) is 2.61. The minimum Gasteiger partial charge on any atom is -0.490 e. The molecule has 0 aliphatic carbocycles. The predicted molar refractivity (Wildman–Crippen MR) is 97.1 cm³/mol. The number of hydrogen-bond donors (Lipinski definition) is 2. The lowest BCUT2D eigenvalue weighted by molar-refractivity contribution is -0.136. The van der Waals surface area contributed by atoms with E-state index in [9.17, 15) is 9.59 Å². The van der Waals surface area contributed by atoms with Crippen LogP contribution in [0.4, 0.5) is 5.69 Å². The van der Waals surface area contributed by atoms with Crippen molar-refractivity contribution in [3.8, 4) is 5.75 Å². The number of unbranched alkanes of at least 4 members (excludes halogenated alkanes) is 1. The summed E-state index contributed by atoms with van der Waals surface area (Å²) < 4.78 is 5.36. The van der Waals surface area contributed by atoms with Crippen LogP contribution in [0.1, 0.15) is 39.5 Å². The van der Waals surface area contributed by atoms with Crippen LogP contribution in [-0.2, 0) is 9.59 Å². The smallest absolute Gasteiger partial charge is 0.313 e. The van der Waals surface area contributed by atoms with E-state index < -0.39 is 11.8 Å². The van der Waals surface area contributed by atoms with Gasteiger partial charge in [0.05, 0.1) is 0 Å². The Morgan fingerprint density at radius 3 is 2.50 bits per heavy atom. The molecule has 0 bridgehead atoms. The maximum absolute atomic E-state index is 11.9. The summed E-state index contributed by atoms with van der Waals surface area (Å²) in [5.41, 5.74) is 0.555. The summed E-state index contributed by atoms with van der Waals surface area (Å²) >= 11 is 0. The summed E-state index contributed by atoms with van der Waals surface area (Å²) in [5, 5.41) is 5.30. The quantitative estimate of drug-likeness (QED) is 0.509. The molecule has 0 aliphatic rings. The van der Waals surface area contributed by atoms with Crippen LogP contribution in [0.2, 0.25) is 0 Å². The molecule has 0 saturated heterocycles. The van der Waals surface area contributed by atoms with Gasteiger partial charge in [0.15, 0.2) is 0 Å². The molecule has 1 atom stereocenters. The van der Waals surface area contributed by atoms with Crippen molar-refractivity contribution in [2.45, 2.75) is 39.5 Å². The number of hydrogen-bond acceptors (Lipinski definition) is 3. The molecule has 2 N–H and O–H groups in total. The lowest BCUT2D eigenvalue weighted by Gasteiger charge is -2.15. The van der Waals surface area contributed by atoms with Crippen LogP contribution < -0.4 is 15.4 Å². The molecule has 0 saturated carbocycles. The van der Waals surface area contributed by atoms with Gasteiger partial charge in [-0.3, -0.25) is 9.59 Å². The molecule has 5 heteroatoms. The van der Waals surface area contributed by atoms with Gasteiger partial charge in [-0.2, -0.15) is 0 Å². The number of anilines is 1. The summed E-state index contributed by atoms with van der Waals surface area (Å²) in [4.78, 5) is 23.8. The van der Waals surface area contributed by atoms with Gasteiger partial charge in [-0.1, -0.05) is 45.8 Å². The molecule has 0 radical (unpaired) electrons. The highest BCUT2D eigenvalue weighted by molar-refractivity contribution is 6.39. The van der Waals surface area contributed by atoms with Gasteiger partial charge in [0, 0.05) is 12.2 Å². The van der Waals surface area contributed by atoms with Crippen LogP contribution in [0.15, 0.2) is 36.9 Å². The maximum atomic E-state index is 11.9. The fourth-order valence-electron chi connectivity index (χ4n) is 2.24. The average molecular weight is 332 g/mol. The van der Waals surface area contributed by atoms with Crippen molar-refractivity contribution < 1.29 is 14.3 Å². The molecule has 5 nitrogen and oxygen atoms in total. The molecule has 0 heterocycles. The van der Waals surface area contributed by atoms with Crippen LogP contribution in [0.3, 0.4) is 0 Å². The van der Waals surface area contributed by atoms with Crippen LogP contribution in [-0.4, -0.2) is 25.0 Å². The molecule has 1 rings (SSSR count). The summed E-state index contributed by atoms with van der Waals surface area (Å²) in [6.45, 7) is 8.78. The number of ether oxygens (including phenoxy) is 1. The summed E-state index contributed by atoms with van der Waals surface area (Å²) in [6, 6.07) is 6.85. The van der Waals surface area contributed by atoms with E-state index in [1.807, 2.05) is 0 Å². The van der Waals surface area contributed by atoms with Gasteiger partial charge in [-0.15, -0.1) is 0 Å². The zero-order chi connectivity index (χ0) is 17.8. The largest absolute Gasteiger partial charge is 0.490 e. The number of amides is 2. The van der Waals surface area contributed by atoms with E-state index in [1.54, 1.807) is 30.3 Å². The monoisotopic (exact) mass is 332 g/mol. The summed E-state index contributed by atoms with van der Waals surface area (Å²) in [5.74, 6) is -0.154. The van der Waals surface area contributed by atoms with Crippen molar-refractivity contribution in [2.75, 3.05) is 18.5 Å². The van der Waals surface area contributed by atoms with E-state index in [2.05, 4.69) is 31.1 Å². The Labute approximate surface area is 144 Å². The first-order valence-corrected chi connectivity index (χ1v) is 8.53. The van der Waals surface area contributed by atoms with Crippen LogP contribution in [0, 0.1) is 5.92 Å². The first kappa shape index (κ1) is 19.7. The topological polar surface area (TPSA) is 67.4 Å². The van der Waals surface area contributed by atoms with Gasteiger partial charge in [-0.25, -0.2) is 0 Å². The molecule has 24 heavy (non-hydrogen) atoms. The van der Waals surface area contributed by atoms with E-state index >= 15 is 0 Å². The van der Waals surface area contributed by atoms with E-state index in [0.717, 1.165) is 25.7 Å². The van der Waals surface area contributed by atoms with Crippen LogP contribution in [0.25, 0.3) is 0 Å². The van der Waals surface area contributed by atoms with Crippen molar-refractivity contribution in [3.05, 3.63) is 36.9 Å². The number of rotatable bonds is 10. The molecule has 0 aliphatic heterocycles. The highest BCUT2D eigenvalue weighted by Crippen LogP contribution is 2.15. The zero-order valence-corrected chi connectivity index (χ0v) is 14.6. The first-order valence-electron chi connectivity index (χ1n) is 8.53. The second kappa shape index (κ2) is 11.3. The van der Waals surface area contributed by atoms with E-state index in [4.69, 9.17) is 4.74 Å². The third kappa shape index (κ3) is 7.31. The second-order valence-corrected chi connectivity index (χ2v) is 5.70. The fraction of sp³-hybridized carbons (Fsp3) is 0.474. The van der Waals surface area contributed by atoms with Crippen molar-refractivity contribution in [1.82, 2.24) is 5.32 Å². The van der Waals surface area contributed by atoms with E-state index in [1.165, 1.54) is 0 Å². The molecule has 0 aromatic heterocycles. The van der Waals surface area contributed by atoms with Crippen molar-refractivity contribution >= 4 is 17.5 Å². The van der Waals surface area contributed by atoms with Gasteiger partial charge >= 0.3 is 11.8 Å². The van der Waals surface area contributed by atoms with E-state index in [0.29, 0.717) is 30.5 Å². The van der Waals surface area contributed by atoms with Crippen molar-refractivity contribution in [2.24, 2.45) is 5.92 Å².